The number of nitrogens with two attached hydrogens (primary N) is 1. The topological polar surface area (TPSA) is 73.6 Å². The van der Waals surface area contributed by atoms with Crippen molar-refractivity contribution in [3.8, 4) is 11.5 Å². The normalized spacial score (nSPS) is 16.7. The van der Waals surface area contributed by atoms with Gasteiger partial charge >= 0.3 is 0 Å². The standard InChI is InChI=1S/C19H22Cl2N2O3/c1-5-13(20)16(14(21)10-22)23-18(24)12-6-7-15(25-4)17-11(12)8-9-19(2,3)26-17/h5-7,10H,1,8-9,22H2,2-4H3,(H,23,24)/b14-10+,16-13-. The van der Waals surface area contributed by atoms with Crippen molar-refractivity contribution in [2.75, 3.05) is 7.11 Å². The van der Waals surface area contributed by atoms with Gasteiger partial charge < -0.3 is 20.5 Å². The Balaban J connectivity index is 2.46. The van der Waals surface area contributed by atoms with Crippen LogP contribution in [0.25, 0.3) is 0 Å². The molecule has 1 amide bonds. The van der Waals surface area contributed by atoms with Crippen LogP contribution in [0.4, 0.5) is 0 Å². The third kappa shape index (κ3) is 4.17. The molecule has 0 saturated heterocycles. The van der Waals surface area contributed by atoms with E-state index in [4.69, 9.17) is 38.4 Å². The second-order valence-corrected chi connectivity index (χ2v) is 7.20. The van der Waals surface area contributed by atoms with Crippen molar-refractivity contribution in [2.45, 2.75) is 32.3 Å². The number of halogens is 2. The van der Waals surface area contributed by atoms with Crippen molar-refractivity contribution in [1.29, 1.82) is 0 Å². The maximum absolute atomic E-state index is 12.9. The molecule has 2 rings (SSSR count). The van der Waals surface area contributed by atoms with Crippen molar-refractivity contribution < 1.29 is 14.3 Å². The molecule has 5 nitrogen and oxygen atoms in total. The van der Waals surface area contributed by atoms with Gasteiger partial charge in [-0.3, -0.25) is 4.79 Å². The molecule has 0 saturated carbocycles. The summed E-state index contributed by atoms with van der Waals surface area (Å²) < 4.78 is 11.4. The summed E-state index contributed by atoms with van der Waals surface area (Å²) in [5, 5.41) is 3.00. The Hall–Kier alpha value is -2.11. The van der Waals surface area contributed by atoms with Crippen LogP contribution >= 0.6 is 23.2 Å². The first-order valence-corrected chi connectivity index (χ1v) is 8.80. The number of allylic oxidation sites excluding steroid dienone is 3. The summed E-state index contributed by atoms with van der Waals surface area (Å²) in [4.78, 5) is 12.9. The van der Waals surface area contributed by atoms with Gasteiger partial charge in [0.05, 0.1) is 22.9 Å². The zero-order valence-electron chi connectivity index (χ0n) is 15.0. The van der Waals surface area contributed by atoms with E-state index in [0.717, 1.165) is 18.2 Å². The smallest absolute Gasteiger partial charge is 0.256 e. The number of carbonyl (C=O) groups is 1. The summed E-state index contributed by atoms with van der Waals surface area (Å²) in [5.74, 6) is 0.795. The number of fused-ring (bicyclic) bond motifs is 1. The molecule has 7 heteroatoms. The summed E-state index contributed by atoms with van der Waals surface area (Å²) in [7, 11) is 1.57. The first-order chi connectivity index (χ1) is 12.2. The summed E-state index contributed by atoms with van der Waals surface area (Å²) in [6.07, 6.45) is 3.97. The van der Waals surface area contributed by atoms with Crippen molar-refractivity contribution in [1.82, 2.24) is 5.32 Å². The summed E-state index contributed by atoms with van der Waals surface area (Å²) >= 11 is 12.1. The van der Waals surface area contributed by atoms with Crippen molar-refractivity contribution in [3.63, 3.8) is 0 Å². The van der Waals surface area contributed by atoms with Crippen LogP contribution in [0.3, 0.4) is 0 Å². The fourth-order valence-corrected chi connectivity index (χ4v) is 3.04. The Labute approximate surface area is 163 Å². The molecule has 0 aliphatic carbocycles. The predicted molar refractivity (Wildman–Crippen MR) is 105 cm³/mol. The third-order valence-corrected chi connectivity index (χ3v) is 4.74. The molecule has 1 aromatic carbocycles. The summed E-state index contributed by atoms with van der Waals surface area (Å²) in [5.41, 5.74) is 6.55. The lowest BCUT2D eigenvalue weighted by atomic mass is 9.91. The molecule has 1 aliphatic rings. The molecule has 26 heavy (non-hydrogen) atoms. The van der Waals surface area contributed by atoms with Crippen LogP contribution in [0.1, 0.15) is 36.2 Å². The molecule has 0 aromatic heterocycles. The van der Waals surface area contributed by atoms with Crippen LogP contribution < -0.4 is 20.5 Å². The minimum absolute atomic E-state index is 0.114. The van der Waals surface area contributed by atoms with E-state index in [1.165, 1.54) is 6.08 Å². The van der Waals surface area contributed by atoms with Crippen molar-refractivity contribution in [2.24, 2.45) is 5.73 Å². The molecule has 140 valence electrons. The maximum atomic E-state index is 12.9. The van der Waals surface area contributed by atoms with Gasteiger partial charge in [-0.25, -0.2) is 0 Å². The fourth-order valence-electron chi connectivity index (χ4n) is 2.69. The van der Waals surface area contributed by atoms with Crippen LogP contribution in [0.5, 0.6) is 11.5 Å². The Bertz CT molecular complexity index is 798. The average Bonchev–Trinajstić information content (AvgIpc) is 2.62. The van der Waals surface area contributed by atoms with Gasteiger partial charge in [0.1, 0.15) is 5.60 Å². The molecule has 1 aliphatic heterocycles. The van der Waals surface area contributed by atoms with Gasteiger partial charge in [0.25, 0.3) is 5.91 Å². The summed E-state index contributed by atoms with van der Waals surface area (Å²) in [6, 6.07) is 3.39. The van der Waals surface area contributed by atoms with E-state index >= 15 is 0 Å². The van der Waals surface area contributed by atoms with Crippen LogP contribution in [-0.2, 0) is 6.42 Å². The first kappa shape index (κ1) is 20.2. The molecule has 0 fully saturated rings. The molecular formula is C19H22Cl2N2O3. The number of hydrogen-bond acceptors (Lipinski definition) is 4. The van der Waals surface area contributed by atoms with Crippen molar-refractivity contribution in [3.05, 3.63) is 57.9 Å². The lowest BCUT2D eigenvalue weighted by Crippen LogP contribution is -2.34. The molecule has 0 bridgehead atoms. The quantitative estimate of drug-likeness (QED) is 0.731. The van der Waals surface area contributed by atoms with Gasteiger partial charge in [-0.05, 0) is 44.9 Å². The molecule has 0 spiro atoms. The number of nitrogens with one attached hydrogen (secondary N) is 1. The highest BCUT2D eigenvalue weighted by molar-refractivity contribution is 6.36. The van der Waals surface area contributed by atoms with Crippen LogP contribution in [0, 0.1) is 0 Å². The van der Waals surface area contributed by atoms with E-state index in [-0.39, 0.29) is 27.3 Å². The van der Waals surface area contributed by atoms with Gasteiger partial charge in [-0.15, -0.1) is 0 Å². The zero-order chi connectivity index (χ0) is 19.5. The Morgan fingerprint density at radius 3 is 2.69 bits per heavy atom. The largest absolute Gasteiger partial charge is 0.493 e. The molecule has 0 radical (unpaired) electrons. The van der Waals surface area contributed by atoms with Crippen molar-refractivity contribution >= 4 is 29.1 Å². The second kappa shape index (κ2) is 8.06. The molecule has 0 unspecified atom stereocenters. The molecule has 0 atom stereocenters. The lowest BCUT2D eigenvalue weighted by Gasteiger charge is -2.34. The number of carbonyl (C=O) groups excluding carboxylic acids is 1. The third-order valence-electron chi connectivity index (χ3n) is 4.09. The van der Waals surface area contributed by atoms with Crippen LogP contribution in [0.15, 0.2) is 46.7 Å². The van der Waals surface area contributed by atoms with Gasteiger partial charge in [0.15, 0.2) is 11.5 Å². The highest BCUT2D eigenvalue weighted by Crippen LogP contribution is 2.42. The van der Waals surface area contributed by atoms with E-state index in [0.29, 0.717) is 23.5 Å². The van der Waals surface area contributed by atoms with Gasteiger partial charge in [0, 0.05) is 17.3 Å². The van der Waals surface area contributed by atoms with E-state index in [1.54, 1.807) is 19.2 Å². The minimum Gasteiger partial charge on any atom is -0.493 e. The van der Waals surface area contributed by atoms with Gasteiger partial charge in [-0.2, -0.15) is 0 Å². The van der Waals surface area contributed by atoms with E-state index < -0.39 is 0 Å². The molecular weight excluding hydrogens is 375 g/mol. The van der Waals surface area contributed by atoms with Crippen LogP contribution in [0.2, 0.25) is 0 Å². The Morgan fingerprint density at radius 1 is 1.42 bits per heavy atom. The number of hydrogen-bond donors (Lipinski definition) is 2. The first-order valence-electron chi connectivity index (χ1n) is 8.04. The van der Waals surface area contributed by atoms with Gasteiger partial charge in [-0.1, -0.05) is 29.8 Å². The Morgan fingerprint density at radius 2 is 2.12 bits per heavy atom. The zero-order valence-corrected chi connectivity index (χ0v) is 16.5. The number of ether oxygens (including phenoxy) is 2. The summed E-state index contributed by atoms with van der Waals surface area (Å²) in [6.45, 7) is 7.58. The van der Waals surface area contributed by atoms with E-state index in [9.17, 15) is 4.79 Å². The number of amides is 1. The van der Waals surface area contributed by atoms with Crippen LogP contribution in [-0.4, -0.2) is 18.6 Å². The number of rotatable bonds is 5. The van der Waals surface area contributed by atoms with E-state index in [2.05, 4.69) is 11.9 Å². The highest BCUT2D eigenvalue weighted by Gasteiger charge is 2.32. The molecule has 3 N–H and O–H groups in total. The number of benzene rings is 1. The fraction of sp³-hybridized carbons (Fsp3) is 0.316. The Kier molecular flexibility index (Phi) is 6.26. The minimum atomic E-state index is -0.373. The second-order valence-electron chi connectivity index (χ2n) is 6.38. The maximum Gasteiger partial charge on any atom is 0.256 e. The molecule has 1 aromatic rings. The van der Waals surface area contributed by atoms with Gasteiger partial charge in [0.2, 0.25) is 0 Å². The number of methoxy groups -OCH3 is 1. The monoisotopic (exact) mass is 396 g/mol. The molecule has 1 heterocycles. The average molecular weight is 397 g/mol. The highest BCUT2D eigenvalue weighted by atomic mass is 35.5. The lowest BCUT2D eigenvalue weighted by molar-refractivity contribution is 0.0788. The predicted octanol–water partition coefficient (Wildman–Crippen LogP) is 4.20. The van der Waals surface area contributed by atoms with E-state index in [1.807, 2.05) is 13.8 Å². The SMILES string of the molecule is C=C/C(Cl)=C(NC(=O)c1ccc(OC)c2c1CCC(C)(C)O2)\C(Cl)=C/N.